The molecule has 35 heavy (non-hydrogen) atoms. The van der Waals surface area contributed by atoms with Gasteiger partial charge < -0.3 is 15.4 Å². The molecule has 0 saturated carbocycles. The van der Waals surface area contributed by atoms with E-state index in [9.17, 15) is 14.4 Å². The van der Waals surface area contributed by atoms with E-state index in [0.29, 0.717) is 29.9 Å². The average Bonchev–Trinajstić information content (AvgIpc) is 2.86. The number of pyridine rings is 1. The van der Waals surface area contributed by atoms with Crippen molar-refractivity contribution in [3.8, 4) is 0 Å². The Balaban J connectivity index is 1.56. The third kappa shape index (κ3) is 5.49. The number of likely N-dealkylation sites (N-methyl/N-ethyl adjacent to an activating group) is 1. The zero-order valence-electron chi connectivity index (χ0n) is 20.3. The lowest BCUT2D eigenvalue weighted by Gasteiger charge is -2.29. The van der Waals surface area contributed by atoms with Crippen LogP contribution < -0.4 is 10.6 Å². The largest absolute Gasteiger partial charge is 0.449 e. The van der Waals surface area contributed by atoms with E-state index in [1.807, 2.05) is 24.3 Å². The third-order valence-corrected chi connectivity index (χ3v) is 6.16. The highest BCUT2D eigenvalue weighted by Crippen LogP contribution is 2.29. The van der Waals surface area contributed by atoms with Gasteiger partial charge in [-0.25, -0.2) is 4.79 Å². The topological polar surface area (TPSA) is 101 Å². The number of rotatable bonds is 7. The minimum atomic E-state index is -0.953. The average molecular weight is 475 g/mol. The lowest BCUT2D eigenvalue weighted by molar-refractivity contribution is -0.124. The van der Waals surface area contributed by atoms with Gasteiger partial charge in [0, 0.05) is 54.5 Å². The third-order valence-electron chi connectivity index (χ3n) is 6.16. The van der Waals surface area contributed by atoms with E-state index < -0.39 is 18.0 Å². The van der Waals surface area contributed by atoms with E-state index in [0.717, 1.165) is 41.7 Å². The summed E-state index contributed by atoms with van der Waals surface area (Å²) in [6, 6.07) is 14.3. The molecule has 0 bridgehead atoms. The molecule has 2 aromatic carbocycles. The summed E-state index contributed by atoms with van der Waals surface area (Å²) >= 11 is 0. The SMILES string of the molecule is CCC(OC(=O)c1c2c(nc3ccccc13)CCN(CC)C2)C(=O)Nc1ccc(NC(C)=O)cc1. The first-order valence-electron chi connectivity index (χ1n) is 11.9. The Hall–Kier alpha value is -3.78. The molecule has 3 aromatic rings. The summed E-state index contributed by atoms with van der Waals surface area (Å²) < 4.78 is 5.78. The number of carbonyl (C=O) groups is 3. The fourth-order valence-corrected chi connectivity index (χ4v) is 4.32. The van der Waals surface area contributed by atoms with Gasteiger partial charge in [0.05, 0.1) is 11.1 Å². The van der Waals surface area contributed by atoms with Gasteiger partial charge in [-0.3, -0.25) is 19.5 Å². The molecule has 1 atom stereocenters. The van der Waals surface area contributed by atoms with Gasteiger partial charge in [0.25, 0.3) is 5.91 Å². The Kier molecular flexibility index (Phi) is 7.41. The van der Waals surface area contributed by atoms with Crippen LogP contribution in [0.5, 0.6) is 0 Å². The van der Waals surface area contributed by atoms with Crippen molar-refractivity contribution in [3.05, 3.63) is 65.4 Å². The molecule has 1 aliphatic rings. The predicted molar refractivity (Wildman–Crippen MR) is 135 cm³/mol. The van der Waals surface area contributed by atoms with Gasteiger partial charge >= 0.3 is 5.97 Å². The molecule has 1 aliphatic heterocycles. The molecule has 1 aromatic heterocycles. The lowest BCUT2D eigenvalue weighted by Crippen LogP contribution is -2.35. The summed E-state index contributed by atoms with van der Waals surface area (Å²) in [6.45, 7) is 7.72. The number of anilines is 2. The van der Waals surface area contributed by atoms with Crippen LogP contribution >= 0.6 is 0 Å². The number of nitrogens with one attached hydrogen (secondary N) is 2. The molecule has 0 fully saturated rings. The van der Waals surface area contributed by atoms with Crippen molar-refractivity contribution >= 4 is 40.1 Å². The first-order chi connectivity index (χ1) is 16.9. The van der Waals surface area contributed by atoms with Gasteiger partial charge in [-0.2, -0.15) is 0 Å². The smallest absolute Gasteiger partial charge is 0.340 e. The summed E-state index contributed by atoms with van der Waals surface area (Å²) in [6.07, 6.45) is 0.139. The summed E-state index contributed by atoms with van der Waals surface area (Å²) in [4.78, 5) is 44.7. The van der Waals surface area contributed by atoms with E-state index in [-0.39, 0.29) is 5.91 Å². The first kappa shape index (κ1) is 24.3. The van der Waals surface area contributed by atoms with Gasteiger partial charge in [-0.1, -0.05) is 32.0 Å². The molecule has 1 unspecified atom stereocenters. The van der Waals surface area contributed by atoms with Crippen molar-refractivity contribution in [3.63, 3.8) is 0 Å². The number of hydrogen-bond acceptors (Lipinski definition) is 6. The quantitative estimate of drug-likeness (QED) is 0.499. The van der Waals surface area contributed by atoms with Gasteiger partial charge in [-0.15, -0.1) is 0 Å². The number of fused-ring (bicyclic) bond motifs is 2. The van der Waals surface area contributed by atoms with Crippen molar-refractivity contribution in [1.82, 2.24) is 9.88 Å². The van der Waals surface area contributed by atoms with Crippen LogP contribution in [0.3, 0.4) is 0 Å². The first-order valence-corrected chi connectivity index (χ1v) is 11.9. The van der Waals surface area contributed by atoms with Crippen LogP contribution in [0.1, 0.15) is 48.8 Å². The molecule has 0 radical (unpaired) electrons. The summed E-state index contributed by atoms with van der Waals surface area (Å²) in [5, 5.41) is 6.21. The zero-order valence-corrected chi connectivity index (χ0v) is 20.3. The Morgan fingerprint density at radius 1 is 1.03 bits per heavy atom. The molecule has 0 spiro atoms. The Morgan fingerprint density at radius 2 is 1.71 bits per heavy atom. The van der Waals surface area contributed by atoms with Crippen molar-refractivity contribution < 1.29 is 19.1 Å². The minimum Gasteiger partial charge on any atom is -0.449 e. The van der Waals surface area contributed by atoms with Gasteiger partial charge in [0.2, 0.25) is 5.91 Å². The van der Waals surface area contributed by atoms with E-state index in [4.69, 9.17) is 9.72 Å². The summed E-state index contributed by atoms with van der Waals surface area (Å²) in [5.74, 6) is -1.09. The maximum Gasteiger partial charge on any atom is 0.340 e. The molecule has 8 nitrogen and oxygen atoms in total. The molecule has 0 saturated heterocycles. The van der Waals surface area contributed by atoms with Crippen molar-refractivity contribution in [1.29, 1.82) is 0 Å². The molecule has 2 N–H and O–H groups in total. The van der Waals surface area contributed by atoms with Crippen molar-refractivity contribution in [2.24, 2.45) is 0 Å². The monoisotopic (exact) mass is 474 g/mol. The maximum atomic E-state index is 13.5. The number of esters is 1. The Morgan fingerprint density at radius 3 is 2.37 bits per heavy atom. The Bertz CT molecular complexity index is 1260. The molecule has 4 rings (SSSR count). The highest BCUT2D eigenvalue weighted by Gasteiger charge is 2.29. The fraction of sp³-hybridized carbons (Fsp3) is 0.333. The Labute approximate surface area is 204 Å². The van der Waals surface area contributed by atoms with Crippen molar-refractivity contribution in [2.45, 2.75) is 46.3 Å². The number of aromatic nitrogens is 1. The van der Waals surface area contributed by atoms with Crippen LogP contribution in [0.4, 0.5) is 11.4 Å². The van der Waals surface area contributed by atoms with Crippen LogP contribution in [0.15, 0.2) is 48.5 Å². The molecule has 182 valence electrons. The molecule has 0 aliphatic carbocycles. The number of ether oxygens (including phenoxy) is 1. The highest BCUT2D eigenvalue weighted by atomic mass is 16.5. The van der Waals surface area contributed by atoms with Crippen LogP contribution in [0, 0.1) is 0 Å². The number of nitrogens with zero attached hydrogens (tertiary/aromatic N) is 2. The van der Waals surface area contributed by atoms with E-state index >= 15 is 0 Å². The summed E-state index contributed by atoms with van der Waals surface area (Å²) in [7, 11) is 0. The van der Waals surface area contributed by atoms with Gasteiger partial charge in [-0.05, 0) is 43.3 Å². The maximum absolute atomic E-state index is 13.5. The summed E-state index contributed by atoms with van der Waals surface area (Å²) in [5.41, 5.74) is 4.21. The molecule has 2 heterocycles. The van der Waals surface area contributed by atoms with Gasteiger partial charge in [0.15, 0.2) is 6.10 Å². The molecular formula is C27H30N4O4. The van der Waals surface area contributed by atoms with E-state index in [1.54, 1.807) is 31.2 Å². The van der Waals surface area contributed by atoms with E-state index in [2.05, 4.69) is 22.5 Å². The highest BCUT2D eigenvalue weighted by molar-refractivity contribution is 6.06. The van der Waals surface area contributed by atoms with Crippen molar-refractivity contribution in [2.75, 3.05) is 23.7 Å². The van der Waals surface area contributed by atoms with Crippen LogP contribution in [0.25, 0.3) is 10.9 Å². The second-order valence-electron chi connectivity index (χ2n) is 8.60. The van der Waals surface area contributed by atoms with Crippen LogP contribution in [0.2, 0.25) is 0 Å². The fourth-order valence-electron chi connectivity index (χ4n) is 4.32. The molecular weight excluding hydrogens is 444 g/mol. The standard InChI is InChI=1S/C27H30N4O4/c1-4-24(26(33)29-19-12-10-18(11-13-19)28-17(3)32)35-27(34)25-20-8-6-7-9-22(20)30-23-14-15-31(5-2)16-21(23)25/h6-13,24H,4-5,14-16H2,1-3H3,(H,28,32)(H,29,33). The normalized spacial score (nSPS) is 14.1. The minimum absolute atomic E-state index is 0.173. The predicted octanol–water partition coefficient (Wildman–Crippen LogP) is 4.15. The van der Waals surface area contributed by atoms with E-state index in [1.165, 1.54) is 6.92 Å². The van der Waals surface area contributed by atoms with Crippen LogP contribution in [-0.4, -0.2) is 46.9 Å². The second-order valence-corrected chi connectivity index (χ2v) is 8.60. The van der Waals surface area contributed by atoms with Gasteiger partial charge in [0.1, 0.15) is 0 Å². The number of carbonyl (C=O) groups excluding carboxylic acids is 3. The number of hydrogen-bond donors (Lipinski definition) is 2. The zero-order chi connectivity index (χ0) is 24.9. The number of benzene rings is 2. The number of para-hydroxylation sites is 1. The second kappa shape index (κ2) is 10.7. The van der Waals surface area contributed by atoms with Crippen LogP contribution in [-0.2, 0) is 27.3 Å². The molecule has 8 heteroatoms. The lowest BCUT2D eigenvalue weighted by atomic mass is 9.95. The molecule has 2 amide bonds. The number of amides is 2.